The van der Waals surface area contributed by atoms with Gasteiger partial charge in [0.2, 0.25) is 11.8 Å². The predicted molar refractivity (Wildman–Crippen MR) is 160 cm³/mol. The van der Waals surface area contributed by atoms with Crippen LogP contribution in [-0.4, -0.2) is 63.9 Å². The summed E-state index contributed by atoms with van der Waals surface area (Å²) in [5.74, 6) is -2.61. The Labute approximate surface area is 256 Å². The van der Waals surface area contributed by atoms with E-state index in [9.17, 15) is 28.8 Å². The maximum Gasteiger partial charge on any atom is 0.323 e. The van der Waals surface area contributed by atoms with E-state index in [-0.39, 0.29) is 55.9 Å². The molecule has 11 nitrogen and oxygen atoms in total. The minimum Gasteiger partial charge on any atom is -0.460 e. The molecule has 43 heavy (non-hydrogen) atoms. The van der Waals surface area contributed by atoms with Gasteiger partial charge < -0.3 is 19.9 Å². The first-order valence-corrected chi connectivity index (χ1v) is 15.8. The van der Waals surface area contributed by atoms with Crippen LogP contribution in [0.3, 0.4) is 0 Å². The molecule has 2 N–H and O–H groups in total. The fraction of sp³-hybridized carbons (Fsp3) is 0.812. The molecule has 1 rings (SSSR count). The quantitative estimate of drug-likeness (QED) is 0.0689. The molecule has 0 aromatic heterocycles. The van der Waals surface area contributed by atoms with E-state index in [1.54, 1.807) is 20.8 Å². The lowest BCUT2D eigenvalue weighted by atomic mass is 9.99. The Balaban J connectivity index is 2.35. The van der Waals surface area contributed by atoms with Crippen molar-refractivity contribution in [1.29, 1.82) is 0 Å². The Morgan fingerprint density at radius 2 is 1.12 bits per heavy atom. The Bertz CT molecular complexity index is 933. The normalized spacial score (nSPS) is 15.3. The number of nitrogens with two attached hydrogens (primary N) is 1. The van der Waals surface area contributed by atoms with Crippen LogP contribution in [0, 0.1) is 0 Å². The highest BCUT2D eigenvalue weighted by Crippen LogP contribution is 2.24. The Hall–Kier alpha value is -2.82. The fourth-order valence-electron chi connectivity index (χ4n) is 4.81. The number of nitrogens with zero attached hydrogens (tertiary/aromatic N) is 1. The Kier molecular flexibility index (Phi) is 16.7. The number of imide groups is 1. The molecule has 0 spiro atoms. The van der Waals surface area contributed by atoms with Crippen molar-refractivity contribution < 1.29 is 43.0 Å². The van der Waals surface area contributed by atoms with E-state index in [4.69, 9.17) is 19.9 Å². The summed E-state index contributed by atoms with van der Waals surface area (Å²) in [5, 5.41) is 0. The fourth-order valence-corrected chi connectivity index (χ4v) is 4.81. The number of carbonyl (C=O) groups is 6. The van der Waals surface area contributed by atoms with Crippen LogP contribution in [0.25, 0.3) is 0 Å². The molecule has 0 aromatic carbocycles. The molecular weight excluding hydrogens is 556 g/mol. The second kappa shape index (κ2) is 18.8. The van der Waals surface area contributed by atoms with Crippen molar-refractivity contribution in [2.75, 3.05) is 0 Å². The lowest BCUT2D eigenvalue weighted by Gasteiger charge is -2.26. The number of carbonyl (C=O) groups excluding carboxylic acids is 6. The zero-order chi connectivity index (χ0) is 32.6. The molecule has 0 saturated carbocycles. The van der Waals surface area contributed by atoms with Crippen molar-refractivity contribution in [2.45, 2.75) is 168 Å². The molecule has 2 atom stereocenters. The Morgan fingerprint density at radius 1 is 0.651 bits per heavy atom. The number of amides is 2. The van der Waals surface area contributed by atoms with Crippen LogP contribution in [0.1, 0.15) is 144 Å². The van der Waals surface area contributed by atoms with E-state index >= 15 is 0 Å². The van der Waals surface area contributed by atoms with Crippen LogP contribution in [0.5, 0.6) is 0 Å². The highest BCUT2D eigenvalue weighted by Gasteiger charge is 2.34. The average Bonchev–Trinajstić information content (AvgIpc) is 3.20. The molecular formula is C32H54N2O9. The highest BCUT2D eigenvalue weighted by atomic mass is 16.6. The molecule has 1 heterocycles. The molecule has 246 valence electrons. The van der Waals surface area contributed by atoms with Gasteiger partial charge in [-0.15, -0.1) is 0 Å². The van der Waals surface area contributed by atoms with Crippen LogP contribution in [0.15, 0.2) is 0 Å². The summed E-state index contributed by atoms with van der Waals surface area (Å²) in [6.07, 6.45) is 8.77. The molecule has 1 saturated heterocycles. The number of ether oxygens (including phenoxy) is 3. The minimum atomic E-state index is -0.998. The number of likely N-dealkylation sites (tertiary alicyclic amines) is 1. The first-order chi connectivity index (χ1) is 20.0. The van der Waals surface area contributed by atoms with E-state index in [1.807, 2.05) is 20.8 Å². The number of hydrogen-bond acceptors (Lipinski definition) is 10. The van der Waals surface area contributed by atoms with Gasteiger partial charge in [0.25, 0.3) is 0 Å². The smallest absolute Gasteiger partial charge is 0.323 e. The molecule has 1 aliphatic heterocycles. The first-order valence-electron chi connectivity index (χ1n) is 15.8. The molecule has 2 amide bonds. The van der Waals surface area contributed by atoms with Crippen LogP contribution in [0.2, 0.25) is 0 Å². The van der Waals surface area contributed by atoms with E-state index in [0.29, 0.717) is 25.7 Å². The van der Waals surface area contributed by atoms with Gasteiger partial charge in [0.05, 0.1) is 0 Å². The van der Waals surface area contributed by atoms with Crippen molar-refractivity contribution in [3.8, 4) is 0 Å². The summed E-state index contributed by atoms with van der Waals surface area (Å²) in [6, 6.07) is -1.28. The lowest BCUT2D eigenvalue weighted by Crippen LogP contribution is -2.39. The maximum atomic E-state index is 12.4. The van der Waals surface area contributed by atoms with Gasteiger partial charge >= 0.3 is 23.9 Å². The van der Waals surface area contributed by atoms with Crippen molar-refractivity contribution in [3.63, 3.8) is 0 Å². The Morgan fingerprint density at radius 3 is 1.67 bits per heavy atom. The summed E-state index contributed by atoms with van der Waals surface area (Å²) < 4.78 is 15.4. The third kappa shape index (κ3) is 17.8. The van der Waals surface area contributed by atoms with Gasteiger partial charge in [-0.2, -0.15) is 0 Å². The van der Waals surface area contributed by atoms with Gasteiger partial charge in [-0.1, -0.05) is 38.5 Å². The van der Waals surface area contributed by atoms with Crippen LogP contribution >= 0.6 is 0 Å². The molecule has 1 unspecified atom stereocenters. The predicted octanol–water partition coefficient (Wildman–Crippen LogP) is 5.05. The van der Waals surface area contributed by atoms with Crippen LogP contribution in [-0.2, 0) is 43.0 Å². The molecule has 1 aliphatic rings. The zero-order valence-corrected chi connectivity index (χ0v) is 27.2. The molecule has 1 fully saturated rings. The van der Waals surface area contributed by atoms with Crippen molar-refractivity contribution >= 4 is 35.7 Å². The van der Waals surface area contributed by atoms with Crippen LogP contribution in [0.4, 0.5) is 0 Å². The third-order valence-corrected chi connectivity index (χ3v) is 6.81. The number of hydrogen-bond donors (Lipinski definition) is 1. The summed E-state index contributed by atoms with van der Waals surface area (Å²) >= 11 is 0. The van der Waals surface area contributed by atoms with Gasteiger partial charge in [0.15, 0.2) is 0 Å². The lowest BCUT2D eigenvalue weighted by molar-refractivity contribution is -0.160. The SMILES string of the molecule is CC(C)(C)OC(=O)CCCCCCCCCC(CCCC(=O)OC(=O)CC[C@H](N)C(=O)OC(C)(C)C)N1C(=O)CCC1=O. The topological polar surface area (TPSA) is 159 Å². The first kappa shape index (κ1) is 38.2. The van der Waals surface area contributed by atoms with Gasteiger partial charge in [0.1, 0.15) is 17.2 Å². The monoisotopic (exact) mass is 610 g/mol. The zero-order valence-electron chi connectivity index (χ0n) is 27.2. The molecule has 0 aliphatic carbocycles. The van der Waals surface area contributed by atoms with Crippen LogP contribution < -0.4 is 5.73 Å². The molecule has 11 heteroatoms. The third-order valence-electron chi connectivity index (χ3n) is 6.81. The maximum absolute atomic E-state index is 12.4. The van der Waals surface area contributed by atoms with E-state index in [0.717, 1.165) is 44.9 Å². The summed E-state index contributed by atoms with van der Waals surface area (Å²) in [5.41, 5.74) is 4.62. The second-order valence-electron chi connectivity index (χ2n) is 13.3. The summed E-state index contributed by atoms with van der Waals surface area (Å²) in [6.45, 7) is 10.7. The van der Waals surface area contributed by atoms with E-state index < -0.39 is 35.2 Å². The number of esters is 4. The summed E-state index contributed by atoms with van der Waals surface area (Å²) in [4.78, 5) is 74.1. The van der Waals surface area contributed by atoms with Crippen molar-refractivity contribution in [3.05, 3.63) is 0 Å². The van der Waals surface area contributed by atoms with Gasteiger partial charge in [-0.25, -0.2) is 0 Å². The number of unbranched alkanes of at least 4 members (excludes halogenated alkanes) is 6. The molecule has 0 bridgehead atoms. The minimum absolute atomic E-state index is 0.00559. The standard InChI is InChI=1S/C32H54N2O9/c1-31(2,3)42-29(39)17-13-11-9-7-8-10-12-15-23(34-25(35)20-21-26(34)36)16-14-18-27(37)41-28(38)22-19-24(33)30(40)43-32(4,5)6/h23-24H,7-22,33H2,1-6H3/t23?,24-/m0/s1. The van der Waals surface area contributed by atoms with Gasteiger partial charge in [0, 0.05) is 38.1 Å². The van der Waals surface area contributed by atoms with Crippen molar-refractivity contribution in [2.24, 2.45) is 5.73 Å². The van der Waals surface area contributed by atoms with Crippen molar-refractivity contribution in [1.82, 2.24) is 4.90 Å². The largest absolute Gasteiger partial charge is 0.460 e. The number of rotatable bonds is 19. The highest BCUT2D eigenvalue weighted by molar-refractivity contribution is 6.02. The second-order valence-corrected chi connectivity index (χ2v) is 13.3. The average molecular weight is 611 g/mol. The van der Waals surface area contributed by atoms with E-state index in [1.165, 1.54) is 4.90 Å². The van der Waals surface area contributed by atoms with E-state index in [2.05, 4.69) is 0 Å². The summed E-state index contributed by atoms with van der Waals surface area (Å²) in [7, 11) is 0. The van der Waals surface area contributed by atoms with Gasteiger partial charge in [-0.05, 0) is 73.6 Å². The van der Waals surface area contributed by atoms with Gasteiger partial charge in [-0.3, -0.25) is 33.7 Å². The molecule has 0 aromatic rings. The molecule has 0 radical (unpaired) electrons.